The Balaban J connectivity index is 2.49. The van der Waals surface area contributed by atoms with Gasteiger partial charge in [-0.05, 0) is 7.05 Å². The van der Waals surface area contributed by atoms with Crippen LogP contribution in [0.25, 0.3) is 0 Å². The van der Waals surface area contributed by atoms with Crippen LogP contribution in [0.5, 0.6) is 0 Å². The normalized spacial score (nSPS) is 30.4. The first-order valence-electron chi connectivity index (χ1n) is 3.48. The fraction of sp³-hybridized carbons (Fsp3) is 0.833. The summed E-state index contributed by atoms with van der Waals surface area (Å²) in [5.74, 6) is -0.660. The summed E-state index contributed by atoms with van der Waals surface area (Å²) in [7, 11) is 1.76. The van der Waals surface area contributed by atoms with Crippen LogP contribution in [0.2, 0.25) is 0 Å². The molecule has 0 spiro atoms. The lowest BCUT2D eigenvalue weighted by molar-refractivity contribution is -0.133. The zero-order valence-corrected chi connectivity index (χ0v) is 6.33. The van der Waals surface area contributed by atoms with Gasteiger partial charge in [-0.2, -0.15) is 0 Å². The average Bonchev–Trinajstić information content (AvgIpc) is 2.50. The van der Waals surface area contributed by atoms with E-state index in [9.17, 15) is 4.79 Å². The molecule has 2 atom stereocenters. The number of carbonyl (C=O) groups excluding carboxylic acids is 1. The fourth-order valence-electron chi connectivity index (χ4n) is 1.18. The van der Waals surface area contributed by atoms with E-state index in [0.717, 1.165) is 0 Å². The number of likely N-dealkylation sites (N-methyl/N-ethyl adjacent to an activating group) is 1. The van der Waals surface area contributed by atoms with Gasteiger partial charge in [0.05, 0.1) is 19.1 Å². The van der Waals surface area contributed by atoms with Gasteiger partial charge in [-0.3, -0.25) is 10.0 Å². The molecule has 0 saturated carbocycles. The van der Waals surface area contributed by atoms with Crippen molar-refractivity contribution in [2.24, 2.45) is 5.92 Å². The van der Waals surface area contributed by atoms with Gasteiger partial charge in [0.15, 0.2) is 0 Å². The molecule has 2 unspecified atom stereocenters. The van der Waals surface area contributed by atoms with Crippen molar-refractivity contribution in [3.63, 3.8) is 0 Å². The van der Waals surface area contributed by atoms with Gasteiger partial charge in [0.2, 0.25) is 5.91 Å². The molecule has 0 aromatic carbocycles. The number of rotatable bonds is 2. The Labute approximate surface area is 64.7 Å². The van der Waals surface area contributed by atoms with Crippen LogP contribution in [-0.4, -0.2) is 37.4 Å². The molecule has 0 bridgehead atoms. The molecule has 0 aromatic rings. The zero-order chi connectivity index (χ0) is 8.27. The second-order valence-electron chi connectivity index (χ2n) is 2.52. The Hall–Kier alpha value is -0.650. The minimum Gasteiger partial charge on any atom is -0.379 e. The number of carbonyl (C=O) groups is 1. The number of ether oxygens (including phenoxy) is 1. The van der Waals surface area contributed by atoms with Crippen molar-refractivity contribution < 1.29 is 14.7 Å². The van der Waals surface area contributed by atoms with Gasteiger partial charge in [-0.25, -0.2) is 5.48 Å². The van der Waals surface area contributed by atoms with E-state index in [2.05, 4.69) is 5.32 Å². The average molecular weight is 160 g/mol. The van der Waals surface area contributed by atoms with Crippen LogP contribution >= 0.6 is 0 Å². The lowest BCUT2D eigenvalue weighted by atomic mass is 10.0. The minimum atomic E-state index is -0.387. The van der Waals surface area contributed by atoms with Crippen molar-refractivity contribution in [1.29, 1.82) is 0 Å². The summed E-state index contributed by atoms with van der Waals surface area (Å²) in [5.41, 5.74) is 1.61. The summed E-state index contributed by atoms with van der Waals surface area (Å²) in [4.78, 5) is 10.9. The Morgan fingerprint density at radius 1 is 1.64 bits per heavy atom. The molecule has 1 heterocycles. The van der Waals surface area contributed by atoms with E-state index < -0.39 is 0 Å². The molecule has 3 N–H and O–H groups in total. The number of hydrogen-bond donors (Lipinski definition) is 3. The second-order valence-corrected chi connectivity index (χ2v) is 2.52. The Morgan fingerprint density at radius 3 is 2.91 bits per heavy atom. The Morgan fingerprint density at radius 2 is 2.36 bits per heavy atom. The highest BCUT2D eigenvalue weighted by Gasteiger charge is 2.32. The summed E-state index contributed by atoms with van der Waals surface area (Å²) >= 11 is 0. The fourth-order valence-corrected chi connectivity index (χ4v) is 1.18. The summed E-state index contributed by atoms with van der Waals surface area (Å²) in [6, 6.07) is 0.0159. The topological polar surface area (TPSA) is 70.6 Å². The molecule has 5 nitrogen and oxygen atoms in total. The van der Waals surface area contributed by atoms with Crippen LogP contribution in [0.4, 0.5) is 0 Å². The first-order chi connectivity index (χ1) is 5.29. The van der Waals surface area contributed by atoms with Crippen LogP contribution in [0.15, 0.2) is 0 Å². The minimum absolute atomic E-state index is 0.0159. The molecular formula is C6H12N2O3. The molecule has 0 aromatic heterocycles. The lowest BCUT2D eigenvalue weighted by Gasteiger charge is -2.13. The molecule has 1 fully saturated rings. The highest BCUT2D eigenvalue weighted by Crippen LogP contribution is 2.12. The van der Waals surface area contributed by atoms with Gasteiger partial charge in [0.25, 0.3) is 0 Å². The predicted molar refractivity (Wildman–Crippen MR) is 37.1 cm³/mol. The first-order valence-corrected chi connectivity index (χ1v) is 3.48. The van der Waals surface area contributed by atoms with Crippen LogP contribution in [0, 0.1) is 5.92 Å². The highest BCUT2D eigenvalue weighted by molar-refractivity contribution is 5.78. The third kappa shape index (κ3) is 1.68. The maximum atomic E-state index is 10.9. The first kappa shape index (κ1) is 8.45. The Bertz CT molecular complexity index is 151. The summed E-state index contributed by atoms with van der Waals surface area (Å²) in [5, 5.41) is 11.3. The molecule has 1 aliphatic heterocycles. The van der Waals surface area contributed by atoms with Crippen LogP contribution in [0.1, 0.15) is 0 Å². The van der Waals surface area contributed by atoms with E-state index in [1.165, 1.54) is 0 Å². The summed E-state index contributed by atoms with van der Waals surface area (Å²) in [6.07, 6.45) is 0. The Kier molecular flexibility index (Phi) is 2.81. The number of hydroxylamine groups is 1. The van der Waals surface area contributed by atoms with E-state index in [-0.39, 0.29) is 17.9 Å². The summed E-state index contributed by atoms with van der Waals surface area (Å²) < 4.78 is 5.05. The van der Waals surface area contributed by atoms with Crippen molar-refractivity contribution in [2.75, 3.05) is 20.3 Å². The van der Waals surface area contributed by atoms with E-state index in [4.69, 9.17) is 9.94 Å². The number of nitrogens with one attached hydrogen (secondary N) is 2. The monoisotopic (exact) mass is 160 g/mol. The quantitative estimate of drug-likeness (QED) is 0.348. The molecule has 11 heavy (non-hydrogen) atoms. The van der Waals surface area contributed by atoms with E-state index in [1.807, 2.05) is 0 Å². The van der Waals surface area contributed by atoms with Crippen molar-refractivity contribution in [3.8, 4) is 0 Å². The largest absolute Gasteiger partial charge is 0.379 e. The molecular weight excluding hydrogens is 148 g/mol. The molecule has 1 rings (SSSR count). The maximum absolute atomic E-state index is 10.9. The zero-order valence-electron chi connectivity index (χ0n) is 6.33. The van der Waals surface area contributed by atoms with Crippen LogP contribution in [0.3, 0.4) is 0 Å². The summed E-state index contributed by atoms with van der Waals surface area (Å²) in [6.45, 7) is 0.895. The molecule has 1 aliphatic rings. The SMILES string of the molecule is CNC1COCC1C(=O)NO. The molecule has 64 valence electrons. The van der Waals surface area contributed by atoms with Gasteiger partial charge in [0.1, 0.15) is 0 Å². The number of hydrogen-bond acceptors (Lipinski definition) is 4. The molecule has 1 amide bonds. The van der Waals surface area contributed by atoms with E-state index in [1.54, 1.807) is 12.5 Å². The highest BCUT2D eigenvalue weighted by atomic mass is 16.5. The molecule has 1 saturated heterocycles. The van der Waals surface area contributed by atoms with Gasteiger partial charge in [0, 0.05) is 6.04 Å². The number of amides is 1. The maximum Gasteiger partial charge on any atom is 0.250 e. The van der Waals surface area contributed by atoms with Gasteiger partial charge >= 0.3 is 0 Å². The van der Waals surface area contributed by atoms with Gasteiger partial charge in [-0.15, -0.1) is 0 Å². The van der Waals surface area contributed by atoms with Gasteiger partial charge in [-0.1, -0.05) is 0 Å². The third-order valence-electron chi connectivity index (χ3n) is 1.90. The lowest BCUT2D eigenvalue weighted by Crippen LogP contribution is -2.41. The van der Waals surface area contributed by atoms with Crippen molar-refractivity contribution in [2.45, 2.75) is 6.04 Å². The van der Waals surface area contributed by atoms with Gasteiger partial charge < -0.3 is 10.1 Å². The standard InChI is InChI=1S/C6H12N2O3/c1-7-5-3-11-2-4(5)6(9)8-10/h4-5,7,10H,2-3H2,1H3,(H,8,9). The third-order valence-corrected chi connectivity index (χ3v) is 1.90. The molecule has 5 heteroatoms. The smallest absolute Gasteiger partial charge is 0.250 e. The van der Waals surface area contributed by atoms with Crippen molar-refractivity contribution >= 4 is 5.91 Å². The second kappa shape index (κ2) is 3.66. The van der Waals surface area contributed by atoms with E-state index in [0.29, 0.717) is 13.2 Å². The van der Waals surface area contributed by atoms with Crippen LogP contribution in [-0.2, 0) is 9.53 Å². The van der Waals surface area contributed by atoms with E-state index >= 15 is 0 Å². The molecule has 0 aliphatic carbocycles. The van der Waals surface area contributed by atoms with Crippen LogP contribution < -0.4 is 10.8 Å². The predicted octanol–water partition coefficient (Wildman–Crippen LogP) is -1.27. The molecule has 0 radical (unpaired) electrons. The van der Waals surface area contributed by atoms with Crippen molar-refractivity contribution in [1.82, 2.24) is 10.8 Å². The van der Waals surface area contributed by atoms with Crippen molar-refractivity contribution in [3.05, 3.63) is 0 Å².